The summed E-state index contributed by atoms with van der Waals surface area (Å²) in [6.45, 7) is 0. The van der Waals surface area contributed by atoms with Crippen molar-refractivity contribution in [2.75, 3.05) is 7.11 Å². The van der Waals surface area contributed by atoms with Gasteiger partial charge in [0.1, 0.15) is 0 Å². The predicted molar refractivity (Wildman–Crippen MR) is 60.5 cm³/mol. The van der Waals surface area contributed by atoms with Crippen LogP contribution in [-0.2, 0) is 16.0 Å². The quantitative estimate of drug-likeness (QED) is 0.671. The van der Waals surface area contributed by atoms with Crippen LogP contribution in [0.4, 0.5) is 8.78 Å². The summed E-state index contributed by atoms with van der Waals surface area (Å²) in [5, 5.41) is 0. The molecule has 0 saturated carbocycles. The number of pyridine rings is 1. The van der Waals surface area contributed by atoms with Crippen LogP contribution in [0.1, 0.15) is 17.6 Å². The minimum atomic E-state index is -2.80. The number of hydrogen-bond acceptors (Lipinski definition) is 3. The van der Waals surface area contributed by atoms with Crippen LogP contribution >= 0.6 is 22.6 Å². The largest absolute Gasteiger partial charge is 0.469 e. The molecule has 0 aromatic carbocycles. The first kappa shape index (κ1) is 13.1. The second-order valence-electron chi connectivity index (χ2n) is 2.92. The topological polar surface area (TPSA) is 59.2 Å². The number of carbonyl (C=O) groups excluding carboxylic acids is 1. The van der Waals surface area contributed by atoms with Gasteiger partial charge in [-0.2, -0.15) is 0 Å². The van der Waals surface area contributed by atoms with Crippen molar-refractivity contribution in [3.63, 3.8) is 0 Å². The Morgan fingerprint density at radius 2 is 2.25 bits per heavy atom. The Balaban J connectivity index is 3.23. The smallest absolute Gasteiger partial charge is 0.310 e. The van der Waals surface area contributed by atoms with Gasteiger partial charge in [-0.15, -0.1) is 0 Å². The number of aromatic amines is 1. The molecule has 0 aliphatic rings. The lowest BCUT2D eigenvalue weighted by molar-refractivity contribution is -0.139. The highest BCUT2D eigenvalue weighted by Crippen LogP contribution is 2.25. The first-order chi connectivity index (χ1) is 7.47. The van der Waals surface area contributed by atoms with E-state index in [2.05, 4.69) is 9.72 Å². The van der Waals surface area contributed by atoms with Crippen LogP contribution in [0.5, 0.6) is 0 Å². The lowest BCUT2D eigenvalue weighted by Crippen LogP contribution is -2.17. The van der Waals surface area contributed by atoms with Crippen molar-refractivity contribution in [1.29, 1.82) is 0 Å². The molecule has 0 bridgehead atoms. The molecule has 1 aromatic rings. The van der Waals surface area contributed by atoms with Gasteiger partial charge >= 0.3 is 5.97 Å². The van der Waals surface area contributed by atoms with Crippen molar-refractivity contribution < 1.29 is 18.3 Å². The molecule has 1 N–H and O–H groups in total. The van der Waals surface area contributed by atoms with E-state index < -0.39 is 23.5 Å². The van der Waals surface area contributed by atoms with Crippen molar-refractivity contribution in [3.05, 3.63) is 31.2 Å². The van der Waals surface area contributed by atoms with Gasteiger partial charge in [-0.1, -0.05) is 0 Å². The number of halogens is 3. The summed E-state index contributed by atoms with van der Waals surface area (Å²) < 4.78 is 29.7. The Labute approximate surface area is 103 Å². The van der Waals surface area contributed by atoms with Crippen molar-refractivity contribution in [2.45, 2.75) is 12.8 Å². The van der Waals surface area contributed by atoms with E-state index in [1.807, 2.05) is 0 Å². The van der Waals surface area contributed by atoms with Gasteiger partial charge in [0.2, 0.25) is 0 Å². The van der Waals surface area contributed by atoms with Crippen molar-refractivity contribution in [1.82, 2.24) is 4.98 Å². The summed E-state index contributed by atoms with van der Waals surface area (Å²) in [5.74, 6) is -0.634. The van der Waals surface area contributed by atoms with E-state index in [-0.39, 0.29) is 15.6 Å². The first-order valence-electron chi connectivity index (χ1n) is 4.22. The Morgan fingerprint density at radius 3 is 2.75 bits per heavy atom. The average Bonchev–Trinajstić information content (AvgIpc) is 2.23. The Kier molecular flexibility index (Phi) is 4.39. The van der Waals surface area contributed by atoms with Gasteiger partial charge in [0.25, 0.3) is 12.0 Å². The lowest BCUT2D eigenvalue weighted by atomic mass is 10.1. The fourth-order valence-electron chi connectivity index (χ4n) is 1.17. The van der Waals surface area contributed by atoms with E-state index in [1.165, 1.54) is 29.7 Å². The number of methoxy groups -OCH3 is 1. The minimum Gasteiger partial charge on any atom is -0.469 e. The number of H-pyrrole nitrogens is 1. The third kappa shape index (κ3) is 2.77. The van der Waals surface area contributed by atoms with Gasteiger partial charge in [-0.25, -0.2) is 8.78 Å². The highest BCUT2D eigenvalue weighted by Gasteiger charge is 2.20. The fourth-order valence-corrected chi connectivity index (χ4v) is 1.90. The molecule has 0 amide bonds. The molecule has 1 heterocycles. The first-order valence-corrected chi connectivity index (χ1v) is 5.30. The fraction of sp³-hybridized carbons (Fsp3) is 0.333. The zero-order chi connectivity index (χ0) is 12.3. The molecule has 0 atom stereocenters. The predicted octanol–water partition coefficient (Wildman–Crippen LogP) is 1.63. The molecule has 7 heteroatoms. The molecule has 88 valence electrons. The van der Waals surface area contributed by atoms with Crippen LogP contribution in [0.2, 0.25) is 0 Å². The number of carbonyl (C=O) groups is 1. The summed E-state index contributed by atoms with van der Waals surface area (Å²) in [4.78, 5) is 24.4. The standard InChI is InChI=1S/C9H8F2INO3/c1-16-5(14)2-4-3-13-9(15)7(12)6(4)8(10)11/h3,8H,2H2,1H3,(H,13,15). The number of ether oxygens (including phenoxy) is 1. The van der Waals surface area contributed by atoms with E-state index >= 15 is 0 Å². The SMILES string of the molecule is COC(=O)Cc1c[nH]c(=O)c(I)c1C(F)F. The number of nitrogens with one attached hydrogen (secondary N) is 1. The Hall–Kier alpha value is -0.990. The van der Waals surface area contributed by atoms with Gasteiger partial charge in [-0.3, -0.25) is 9.59 Å². The monoisotopic (exact) mass is 343 g/mol. The molecule has 0 spiro atoms. The van der Waals surface area contributed by atoms with Crippen molar-refractivity contribution in [2.24, 2.45) is 0 Å². The minimum absolute atomic E-state index is 0.0749. The molecule has 0 saturated heterocycles. The van der Waals surface area contributed by atoms with Gasteiger partial charge in [0.05, 0.1) is 17.1 Å². The van der Waals surface area contributed by atoms with E-state index in [9.17, 15) is 18.4 Å². The van der Waals surface area contributed by atoms with Gasteiger partial charge in [0, 0.05) is 11.8 Å². The van der Waals surface area contributed by atoms with E-state index in [1.54, 1.807) is 0 Å². The van der Waals surface area contributed by atoms with Crippen LogP contribution in [0, 0.1) is 3.57 Å². The highest BCUT2D eigenvalue weighted by molar-refractivity contribution is 14.1. The molecular formula is C9H8F2INO3. The van der Waals surface area contributed by atoms with Gasteiger partial charge < -0.3 is 9.72 Å². The third-order valence-corrected chi connectivity index (χ3v) is 3.01. The maximum atomic E-state index is 12.7. The van der Waals surface area contributed by atoms with Crippen LogP contribution in [0.15, 0.2) is 11.0 Å². The molecule has 4 nitrogen and oxygen atoms in total. The van der Waals surface area contributed by atoms with Crippen LogP contribution in [0.25, 0.3) is 0 Å². The summed E-state index contributed by atoms with van der Waals surface area (Å²) in [7, 11) is 1.17. The number of esters is 1. The van der Waals surface area contributed by atoms with Crippen molar-refractivity contribution >= 4 is 28.6 Å². The maximum absolute atomic E-state index is 12.7. The molecule has 1 aromatic heterocycles. The van der Waals surface area contributed by atoms with Crippen LogP contribution in [0.3, 0.4) is 0 Å². The molecule has 0 aliphatic carbocycles. The third-order valence-electron chi connectivity index (χ3n) is 1.94. The van der Waals surface area contributed by atoms with E-state index in [0.29, 0.717) is 0 Å². The molecule has 0 aliphatic heterocycles. The van der Waals surface area contributed by atoms with Crippen LogP contribution < -0.4 is 5.56 Å². The normalized spacial score (nSPS) is 10.6. The molecule has 0 fully saturated rings. The molecule has 16 heavy (non-hydrogen) atoms. The summed E-state index contributed by atoms with van der Waals surface area (Å²) in [6, 6.07) is 0. The molecule has 0 radical (unpaired) electrons. The number of rotatable bonds is 3. The number of hydrogen-bond donors (Lipinski definition) is 1. The maximum Gasteiger partial charge on any atom is 0.310 e. The van der Waals surface area contributed by atoms with Gasteiger partial charge in [0.15, 0.2) is 0 Å². The zero-order valence-electron chi connectivity index (χ0n) is 8.22. The van der Waals surface area contributed by atoms with Gasteiger partial charge in [-0.05, 0) is 28.2 Å². The lowest BCUT2D eigenvalue weighted by Gasteiger charge is -2.08. The Bertz CT molecular complexity index is 459. The molecule has 0 unspecified atom stereocenters. The second kappa shape index (κ2) is 5.37. The van der Waals surface area contributed by atoms with Crippen LogP contribution in [-0.4, -0.2) is 18.1 Å². The summed E-state index contributed by atoms with van der Waals surface area (Å²) in [6.07, 6.45) is -1.97. The zero-order valence-corrected chi connectivity index (χ0v) is 10.4. The number of alkyl halides is 2. The van der Waals surface area contributed by atoms with E-state index in [0.717, 1.165) is 6.20 Å². The van der Waals surface area contributed by atoms with Crippen molar-refractivity contribution in [3.8, 4) is 0 Å². The summed E-state index contributed by atoms with van der Waals surface area (Å²) >= 11 is 1.53. The van der Waals surface area contributed by atoms with E-state index in [4.69, 9.17) is 0 Å². The number of aromatic nitrogens is 1. The second-order valence-corrected chi connectivity index (χ2v) is 4.00. The molecular weight excluding hydrogens is 335 g/mol. The average molecular weight is 343 g/mol. The highest BCUT2D eigenvalue weighted by atomic mass is 127. The Morgan fingerprint density at radius 1 is 1.62 bits per heavy atom. The summed E-state index contributed by atoms with van der Waals surface area (Å²) in [5.41, 5.74) is -0.926. The molecule has 1 rings (SSSR count).